The number of nitrogens with zero attached hydrogens (tertiary/aromatic N) is 4. The fourth-order valence-electron chi connectivity index (χ4n) is 2.15. The Bertz CT molecular complexity index is 538. The zero-order chi connectivity index (χ0) is 15.2. The average molecular weight is 289 g/mol. The normalized spacial score (nSPS) is 14.7. The molecule has 1 saturated heterocycles. The molecular formula is C14H19N5O2. The minimum atomic E-state index is -0.249. The van der Waals surface area contributed by atoms with E-state index in [1.54, 1.807) is 24.0 Å². The lowest BCUT2D eigenvalue weighted by Gasteiger charge is -2.34. The van der Waals surface area contributed by atoms with Crippen molar-refractivity contribution in [3.8, 4) is 0 Å². The Morgan fingerprint density at radius 2 is 2.05 bits per heavy atom. The van der Waals surface area contributed by atoms with Gasteiger partial charge in [0.2, 0.25) is 5.91 Å². The summed E-state index contributed by atoms with van der Waals surface area (Å²) in [5, 5.41) is 2.68. The molecule has 21 heavy (non-hydrogen) atoms. The van der Waals surface area contributed by atoms with Crippen LogP contribution in [-0.2, 0) is 4.79 Å². The fraction of sp³-hybridized carbons (Fsp3) is 0.429. The van der Waals surface area contributed by atoms with Crippen molar-refractivity contribution in [2.75, 3.05) is 37.6 Å². The van der Waals surface area contributed by atoms with Gasteiger partial charge in [0.25, 0.3) is 5.91 Å². The molecule has 0 aliphatic carbocycles. The van der Waals surface area contributed by atoms with Gasteiger partial charge in [-0.1, -0.05) is 6.08 Å². The van der Waals surface area contributed by atoms with Gasteiger partial charge in [-0.05, 0) is 0 Å². The number of piperazine rings is 1. The monoisotopic (exact) mass is 289 g/mol. The maximum absolute atomic E-state index is 11.9. The largest absolute Gasteiger partial charge is 0.353 e. The first-order chi connectivity index (χ1) is 10.1. The zero-order valence-corrected chi connectivity index (χ0v) is 12.1. The molecule has 112 valence electrons. The Balaban J connectivity index is 2.03. The van der Waals surface area contributed by atoms with Crippen LogP contribution < -0.4 is 10.2 Å². The van der Waals surface area contributed by atoms with Crippen molar-refractivity contribution >= 4 is 17.6 Å². The molecule has 0 bridgehead atoms. The van der Waals surface area contributed by atoms with Gasteiger partial charge in [-0.15, -0.1) is 6.58 Å². The highest BCUT2D eigenvalue weighted by atomic mass is 16.2. The van der Waals surface area contributed by atoms with Gasteiger partial charge in [-0.25, -0.2) is 9.97 Å². The molecule has 1 aliphatic heterocycles. The van der Waals surface area contributed by atoms with Gasteiger partial charge < -0.3 is 15.1 Å². The first-order valence-electron chi connectivity index (χ1n) is 6.83. The molecule has 7 nitrogen and oxygen atoms in total. The predicted octanol–water partition coefficient (Wildman–Crippen LogP) is 0.0609. The van der Waals surface area contributed by atoms with Crippen LogP contribution in [0, 0.1) is 0 Å². The van der Waals surface area contributed by atoms with Crippen LogP contribution in [0.5, 0.6) is 0 Å². The highest BCUT2D eigenvalue weighted by Gasteiger charge is 2.20. The predicted molar refractivity (Wildman–Crippen MR) is 79.0 cm³/mol. The third kappa shape index (κ3) is 3.77. The molecule has 0 spiro atoms. The Morgan fingerprint density at radius 1 is 1.33 bits per heavy atom. The summed E-state index contributed by atoms with van der Waals surface area (Å²) in [5.74, 6) is 0.541. The second-order valence-corrected chi connectivity index (χ2v) is 4.75. The van der Waals surface area contributed by atoms with E-state index in [-0.39, 0.29) is 11.8 Å². The van der Waals surface area contributed by atoms with Crippen molar-refractivity contribution < 1.29 is 9.59 Å². The lowest BCUT2D eigenvalue weighted by molar-refractivity contribution is -0.129. The molecule has 1 aromatic heterocycles. The van der Waals surface area contributed by atoms with Crippen LogP contribution in [0.3, 0.4) is 0 Å². The number of anilines is 1. The maximum atomic E-state index is 11.9. The Hall–Kier alpha value is -2.44. The zero-order valence-electron chi connectivity index (χ0n) is 12.1. The van der Waals surface area contributed by atoms with Crippen LogP contribution in [-0.4, -0.2) is 59.4 Å². The molecule has 1 N–H and O–H groups in total. The van der Waals surface area contributed by atoms with Crippen LogP contribution in [0.4, 0.5) is 5.82 Å². The smallest absolute Gasteiger partial charge is 0.270 e. The third-order valence-corrected chi connectivity index (χ3v) is 3.34. The van der Waals surface area contributed by atoms with Gasteiger partial charge in [0.1, 0.15) is 17.8 Å². The molecule has 0 unspecified atom stereocenters. The SMILES string of the molecule is C=CCNC(=O)c1cc(N2CCN(C(C)=O)CC2)ncn1. The maximum Gasteiger partial charge on any atom is 0.270 e. The topological polar surface area (TPSA) is 78.4 Å². The molecule has 2 rings (SSSR count). The van der Waals surface area contributed by atoms with E-state index in [9.17, 15) is 9.59 Å². The second kappa shape index (κ2) is 6.83. The number of nitrogens with one attached hydrogen (secondary N) is 1. The van der Waals surface area contributed by atoms with Crippen molar-refractivity contribution in [2.24, 2.45) is 0 Å². The molecule has 0 aromatic carbocycles. The highest BCUT2D eigenvalue weighted by molar-refractivity contribution is 5.92. The van der Waals surface area contributed by atoms with Gasteiger partial charge in [0.15, 0.2) is 0 Å². The lowest BCUT2D eigenvalue weighted by Crippen LogP contribution is -2.48. The third-order valence-electron chi connectivity index (χ3n) is 3.34. The summed E-state index contributed by atoms with van der Waals surface area (Å²) >= 11 is 0. The Morgan fingerprint density at radius 3 is 2.67 bits per heavy atom. The highest BCUT2D eigenvalue weighted by Crippen LogP contribution is 2.14. The van der Waals surface area contributed by atoms with E-state index in [4.69, 9.17) is 0 Å². The summed E-state index contributed by atoms with van der Waals surface area (Å²) in [6.07, 6.45) is 3.00. The van der Waals surface area contributed by atoms with Crippen LogP contribution in [0.2, 0.25) is 0 Å². The second-order valence-electron chi connectivity index (χ2n) is 4.75. The summed E-state index contributed by atoms with van der Waals surface area (Å²) in [5.41, 5.74) is 0.329. The first kappa shape index (κ1) is 15.0. The molecule has 0 radical (unpaired) electrons. The summed E-state index contributed by atoms with van der Waals surface area (Å²) in [6.45, 7) is 8.25. The number of carbonyl (C=O) groups excluding carboxylic acids is 2. The number of rotatable bonds is 4. The minimum absolute atomic E-state index is 0.0850. The number of hydrogen-bond donors (Lipinski definition) is 1. The summed E-state index contributed by atoms with van der Waals surface area (Å²) in [4.78, 5) is 35.2. The molecule has 1 fully saturated rings. The van der Waals surface area contributed by atoms with E-state index < -0.39 is 0 Å². The average Bonchev–Trinajstić information content (AvgIpc) is 2.52. The molecule has 0 atom stereocenters. The molecule has 2 heterocycles. The summed E-state index contributed by atoms with van der Waals surface area (Å²) in [6, 6.07) is 1.67. The van der Waals surface area contributed by atoms with E-state index in [1.807, 2.05) is 4.90 Å². The standard InChI is InChI=1S/C14H19N5O2/c1-3-4-15-14(21)12-9-13(17-10-16-12)19-7-5-18(6-8-19)11(2)20/h3,9-10H,1,4-8H2,2H3,(H,15,21). The summed E-state index contributed by atoms with van der Waals surface area (Å²) in [7, 11) is 0. The van der Waals surface area contributed by atoms with Crippen molar-refractivity contribution in [1.82, 2.24) is 20.2 Å². The minimum Gasteiger partial charge on any atom is -0.353 e. The summed E-state index contributed by atoms with van der Waals surface area (Å²) < 4.78 is 0. The van der Waals surface area contributed by atoms with Gasteiger partial charge in [-0.3, -0.25) is 9.59 Å². The first-order valence-corrected chi connectivity index (χ1v) is 6.83. The fourth-order valence-corrected chi connectivity index (χ4v) is 2.15. The van der Waals surface area contributed by atoms with E-state index in [1.165, 1.54) is 6.33 Å². The molecular weight excluding hydrogens is 270 g/mol. The number of aromatic nitrogens is 2. The van der Waals surface area contributed by atoms with Crippen molar-refractivity contribution in [3.63, 3.8) is 0 Å². The molecule has 2 amide bonds. The van der Waals surface area contributed by atoms with Crippen molar-refractivity contribution in [3.05, 3.63) is 30.7 Å². The van der Waals surface area contributed by atoms with E-state index in [0.29, 0.717) is 44.2 Å². The van der Waals surface area contributed by atoms with Gasteiger partial charge in [-0.2, -0.15) is 0 Å². The van der Waals surface area contributed by atoms with E-state index in [0.717, 1.165) is 0 Å². The van der Waals surface area contributed by atoms with Crippen LogP contribution in [0.15, 0.2) is 25.0 Å². The molecule has 0 saturated carbocycles. The Kier molecular flexibility index (Phi) is 4.86. The van der Waals surface area contributed by atoms with Crippen molar-refractivity contribution in [2.45, 2.75) is 6.92 Å². The van der Waals surface area contributed by atoms with Crippen LogP contribution >= 0.6 is 0 Å². The van der Waals surface area contributed by atoms with E-state index >= 15 is 0 Å². The van der Waals surface area contributed by atoms with Crippen molar-refractivity contribution in [1.29, 1.82) is 0 Å². The number of amides is 2. The van der Waals surface area contributed by atoms with Gasteiger partial charge in [0, 0.05) is 45.7 Å². The molecule has 7 heteroatoms. The van der Waals surface area contributed by atoms with E-state index in [2.05, 4.69) is 21.9 Å². The van der Waals surface area contributed by atoms with Gasteiger partial charge in [0.05, 0.1) is 0 Å². The lowest BCUT2D eigenvalue weighted by atomic mass is 10.3. The van der Waals surface area contributed by atoms with Crippen LogP contribution in [0.25, 0.3) is 0 Å². The van der Waals surface area contributed by atoms with Crippen LogP contribution in [0.1, 0.15) is 17.4 Å². The Labute approximate surface area is 123 Å². The molecule has 1 aliphatic rings. The molecule has 1 aromatic rings. The number of carbonyl (C=O) groups is 2. The van der Waals surface area contributed by atoms with Gasteiger partial charge >= 0.3 is 0 Å². The quantitative estimate of drug-likeness (QED) is 0.793. The number of hydrogen-bond acceptors (Lipinski definition) is 5.